The number of hydrogen-bond donors (Lipinski definition) is 2. The molecule has 2 aliphatic heterocycles. The molecular formula is C24H30N4O2. The Hall–Kier alpha value is -2.73. The average Bonchev–Trinajstić information content (AvgIpc) is 3.09. The van der Waals surface area contributed by atoms with Crippen molar-refractivity contribution in [1.82, 2.24) is 10.3 Å². The van der Waals surface area contributed by atoms with E-state index >= 15 is 0 Å². The zero-order chi connectivity index (χ0) is 20.8. The first-order valence-corrected chi connectivity index (χ1v) is 11.2. The monoisotopic (exact) mass is 406 g/mol. The van der Waals surface area contributed by atoms with Crippen molar-refractivity contribution in [3.8, 4) is 0 Å². The first-order valence-electron chi connectivity index (χ1n) is 11.2. The van der Waals surface area contributed by atoms with Gasteiger partial charge in [0.1, 0.15) is 0 Å². The second kappa shape index (κ2) is 9.85. The van der Waals surface area contributed by atoms with Crippen LogP contribution >= 0.6 is 0 Å². The molecule has 2 aromatic rings. The van der Waals surface area contributed by atoms with Crippen LogP contribution in [0, 0.1) is 0 Å². The van der Waals surface area contributed by atoms with Crippen LogP contribution in [-0.2, 0) is 4.79 Å². The van der Waals surface area contributed by atoms with E-state index in [-0.39, 0.29) is 11.8 Å². The number of anilines is 3. The van der Waals surface area contributed by atoms with Gasteiger partial charge in [0.15, 0.2) is 5.82 Å². The second-order valence-electron chi connectivity index (χ2n) is 8.17. The first kappa shape index (κ1) is 20.5. The van der Waals surface area contributed by atoms with Gasteiger partial charge in [0, 0.05) is 18.7 Å². The number of unbranched alkanes of at least 4 members (excludes halogenated alkanes) is 2. The predicted octanol–water partition coefficient (Wildman–Crippen LogP) is 4.79. The van der Waals surface area contributed by atoms with Gasteiger partial charge in [-0.25, -0.2) is 4.98 Å². The minimum absolute atomic E-state index is 0.0218. The normalized spacial score (nSPS) is 18.6. The number of nitrogens with zero attached hydrogens (tertiary/aromatic N) is 2. The van der Waals surface area contributed by atoms with Gasteiger partial charge < -0.3 is 10.6 Å². The third-order valence-corrected chi connectivity index (χ3v) is 5.99. The zero-order valence-electron chi connectivity index (χ0n) is 17.4. The fraction of sp³-hybridized carbons (Fsp3) is 0.458. The number of pyridine rings is 1. The number of rotatable bonds is 6. The van der Waals surface area contributed by atoms with E-state index in [1.54, 1.807) is 29.3 Å². The fourth-order valence-electron chi connectivity index (χ4n) is 4.39. The van der Waals surface area contributed by atoms with Gasteiger partial charge in [0.2, 0.25) is 5.91 Å². The molecule has 0 saturated carbocycles. The van der Waals surface area contributed by atoms with Crippen molar-refractivity contribution in [2.75, 3.05) is 16.8 Å². The molecule has 2 amide bonds. The van der Waals surface area contributed by atoms with Gasteiger partial charge in [-0.1, -0.05) is 37.8 Å². The molecule has 2 aliphatic rings. The maximum Gasteiger partial charge on any atom is 0.257 e. The van der Waals surface area contributed by atoms with Gasteiger partial charge in [-0.2, -0.15) is 0 Å². The van der Waals surface area contributed by atoms with Gasteiger partial charge in [0.25, 0.3) is 5.91 Å². The smallest absolute Gasteiger partial charge is 0.257 e. The van der Waals surface area contributed by atoms with E-state index in [1.165, 1.54) is 32.1 Å². The molecule has 0 radical (unpaired) electrons. The highest BCUT2D eigenvalue weighted by Crippen LogP contribution is 2.36. The van der Waals surface area contributed by atoms with E-state index in [4.69, 9.17) is 0 Å². The highest BCUT2D eigenvalue weighted by molar-refractivity contribution is 6.17. The van der Waals surface area contributed by atoms with E-state index in [1.807, 2.05) is 18.2 Å². The Balaban J connectivity index is 1.40. The number of fused-ring (bicyclic) bond motifs is 2. The first-order chi connectivity index (χ1) is 14.7. The maximum atomic E-state index is 13.2. The van der Waals surface area contributed by atoms with E-state index in [0.29, 0.717) is 35.2 Å². The van der Waals surface area contributed by atoms with Gasteiger partial charge in [0.05, 0.1) is 16.9 Å². The molecule has 1 saturated heterocycles. The molecule has 1 fully saturated rings. The Kier molecular flexibility index (Phi) is 6.74. The number of benzene rings is 1. The van der Waals surface area contributed by atoms with E-state index < -0.39 is 0 Å². The van der Waals surface area contributed by atoms with Crippen LogP contribution in [0.2, 0.25) is 0 Å². The number of carbonyl (C=O) groups excluding carboxylic acids is 2. The van der Waals surface area contributed by atoms with Crippen molar-refractivity contribution in [3.63, 3.8) is 0 Å². The summed E-state index contributed by atoms with van der Waals surface area (Å²) < 4.78 is 0. The van der Waals surface area contributed by atoms with Crippen LogP contribution in [0.1, 0.15) is 68.1 Å². The van der Waals surface area contributed by atoms with Gasteiger partial charge >= 0.3 is 0 Å². The molecule has 6 heteroatoms. The van der Waals surface area contributed by atoms with Crippen LogP contribution in [0.25, 0.3) is 0 Å². The lowest BCUT2D eigenvalue weighted by atomic mass is 10.0. The topological polar surface area (TPSA) is 74.3 Å². The van der Waals surface area contributed by atoms with Gasteiger partial charge in [-0.15, -0.1) is 0 Å². The lowest BCUT2D eigenvalue weighted by Gasteiger charge is -2.23. The Morgan fingerprint density at radius 1 is 1.07 bits per heavy atom. The highest BCUT2D eigenvalue weighted by atomic mass is 16.2. The molecule has 0 spiro atoms. The fourth-order valence-corrected chi connectivity index (χ4v) is 4.39. The molecular weight excluding hydrogens is 376 g/mol. The molecule has 3 heterocycles. The summed E-state index contributed by atoms with van der Waals surface area (Å²) in [6.07, 6.45) is 11.5. The summed E-state index contributed by atoms with van der Waals surface area (Å²) in [5.74, 6) is 0.251. The number of amides is 2. The molecule has 1 aromatic heterocycles. The van der Waals surface area contributed by atoms with E-state index in [0.717, 1.165) is 25.8 Å². The van der Waals surface area contributed by atoms with Crippen molar-refractivity contribution < 1.29 is 9.59 Å². The Bertz CT molecular complexity index is 890. The molecule has 4 rings (SSSR count). The summed E-state index contributed by atoms with van der Waals surface area (Å²) in [5, 5.41) is 6.52. The molecule has 1 aromatic carbocycles. The molecule has 1 unspecified atom stereocenters. The lowest BCUT2D eigenvalue weighted by molar-refractivity contribution is -0.118. The minimum Gasteiger partial charge on any atom is -0.319 e. The zero-order valence-corrected chi connectivity index (χ0v) is 17.4. The summed E-state index contributed by atoms with van der Waals surface area (Å²) in [6, 6.07) is 11.4. The SMILES string of the molecule is O=C1Nc2cccnc2N(C(=O)CCCCCC2CCCCCN2)c2ccccc21. The molecule has 30 heavy (non-hydrogen) atoms. The standard InChI is InChI=1S/C24H30N4O2/c29-22(15-5-1-3-10-18-11-4-2-8-16-25-18)28-21-14-7-6-12-19(21)24(30)27-20-13-9-17-26-23(20)28/h6-7,9,12-14,17-18,25H,1-5,8,10-11,15-16H2,(H,27,30). The molecule has 158 valence electrons. The third-order valence-electron chi connectivity index (χ3n) is 5.99. The van der Waals surface area contributed by atoms with Crippen LogP contribution in [0.3, 0.4) is 0 Å². The summed E-state index contributed by atoms with van der Waals surface area (Å²) in [7, 11) is 0. The van der Waals surface area contributed by atoms with Gasteiger partial charge in [-0.3, -0.25) is 14.5 Å². The third kappa shape index (κ3) is 4.70. The number of carbonyl (C=O) groups is 2. The minimum atomic E-state index is -0.217. The number of aromatic nitrogens is 1. The lowest BCUT2D eigenvalue weighted by Crippen LogP contribution is -2.28. The van der Waals surface area contributed by atoms with Crippen molar-refractivity contribution in [1.29, 1.82) is 0 Å². The van der Waals surface area contributed by atoms with Crippen LogP contribution in [0.5, 0.6) is 0 Å². The van der Waals surface area contributed by atoms with E-state index in [2.05, 4.69) is 15.6 Å². The molecule has 0 aliphatic carbocycles. The maximum absolute atomic E-state index is 13.2. The van der Waals surface area contributed by atoms with Crippen molar-refractivity contribution >= 4 is 29.0 Å². The van der Waals surface area contributed by atoms with Crippen LogP contribution in [0.15, 0.2) is 42.6 Å². The van der Waals surface area contributed by atoms with E-state index in [9.17, 15) is 9.59 Å². The van der Waals surface area contributed by atoms with Crippen LogP contribution in [0.4, 0.5) is 17.2 Å². The van der Waals surface area contributed by atoms with Crippen LogP contribution < -0.4 is 15.5 Å². The highest BCUT2D eigenvalue weighted by Gasteiger charge is 2.29. The Morgan fingerprint density at radius 3 is 2.90 bits per heavy atom. The Morgan fingerprint density at radius 2 is 1.97 bits per heavy atom. The Labute approximate surface area is 178 Å². The second-order valence-corrected chi connectivity index (χ2v) is 8.17. The summed E-state index contributed by atoms with van der Waals surface area (Å²) in [4.78, 5) is 31.9. The van der Waals surface area contributed by atoms with Crippen molar-refractivity contribution in [3.05, 3.63) is 48.2 Å². The quantitative estimate of drug-likeness (QED) is 0.676. The van der Waals surface area contributed by atoms with Crippen molar-refractivity contribution in [2.24, 2.45) is 0 Å². The number of para-hydroxylation sites is 1. The van der Waals surface area contributed by atoms with Gasteiger partial charge in [-0.05, 0) is 56.5 Å². The molecule has 6 nitrogen and oxygen atoms in total. The van der Waals surface area contributed by atoms with Crippen LogP contribution in [-0.4, -0.2) is 29.4 Å². The average molecular weight is 407 g/mol. The van der Waals surface area contributed by atoms with Crippen molar-refractivity contribution in [2.45, 2.75) is 63.8 Å². The molecule has 1 atom stereocenters. The largest absolute Gasteiger partial charge is 0.319 e. The molecule has 2 N–H and O–H groups in total. The molecule has 0 bridgehead atoms. The number of nitrogens with one attached hydrogen (secondary N) is 2. The summed E-state index contributed by atoms with van der Waals surface area (Å²) in [5.41, 5.74) is 1.65. The summed E-state index contributed by atoms with van der Waals surface area (Å²) >= 11 is 0. The predicted molar refractivity (Wildman–Crippen MR) is 119 cm³/mol. The number of hydrogen-bond acceptors (Lipinski definition) is 4. The summed E-state index contributed by atoms with van der Waals surface area (Å²) in [6.45, 7) is 1.14.